The van der Waals surface area contributed by atoms with Crippen molar-refractivity contribution in [2.75, 3.05) is 35.2 Å². The molecule has 0 aliphatic rings. The van der Waals surface area contributed by atoms with Gasteiger partial charge in [0.15, 0.2) is 6.21 Å². The van der Waals surface area contributed by atoms with Crippen LogP contribution in [-0.4, -0.2) is 68.3 Å². The predicted octanol–water partition coefficient (Wildman–Crippen LogP) is 1.55. The molecule has 0 saturated heterocycles. The molecule has 0 aliphatic carbocycles. The summed E-state index contributed by atoms with van der Waals surface area (Å²) in [6, 6.07) is 1.96. The molecule has 1 heterocycles. The highest BCUT2D eigenvalue weighted by atomic mass is 15.0. The second kappa shape index (κ2) is 6.68. The van der Waals surface area contributed by atoms with E-state index in [1.807, 2.05) is 62.3 Å². The Hall–Kier alpha value is -2.17. The lowest BCUT2D eigenvalue weighted by Crippen LogP contribution is -2.15. The van der Waals surface area contributed by atoms with Crippen LogP contribution in [0, 0.1) is 0 Å². The second-order valence-electron chi connectivity index (χ2n) is 4.61. The van der Waals surface area contributed by atoms with Crippen LogP contribution in [0.2, 0.25) is 0 Å². The summed E-state index contributed by atoms with van der Waals surface area (Å²) in [6.45, 7) is 3.57. The van der Waals surface area contributed by atoms with Crippen molar-refractivity contribution in [1.29, 1.82) is 0 Å². The van der Waals surface area contributed by atoms with Gasteiger partial charge in [-0.1, -0.05) is 0 Å². The standard InChI is InChI=1S/C14H22N5/c1-15-13(12-7-8-17-14(12)16-2)11(9-18(3)4)10-19(5)6/h7-10,17H,2H2,1,3-6H3/q+1. The Morgan fingerprint density at radius 2 is 2.11 bits per heavy atom. The molecule has 5 nitrogen and oxygen atoms in total. The minimum Gasteiger partial charge on any atom is -0.383 e. The average Bonchev–Trinajstić information content (AvgIpc) is 2.76. The SMILES string of the molecule is C=Nc1[nH]ccc1C(=NC)/C(C=[N+](C)C)=C\N(C)C. The first kappa shape index (κ1) is 14.9. The maximum Gasteiger partial charge on any atom is 0.173 e. The van der Waals surface area contributed by atoms with Crippen LogP contribution in [0.25, 0.3) is 0 Å². The van der Waals surface area contributed by atoms with E-state index in [4.69, 9.17) is 0 Å². The summed E-state index contributed by atoms with van der Waals surface area (Å²) in [6.07, 6.45) is 5.90. The van der Waals surface area contributed by atoms with Gasteiger partial charge in [-0.2, -0.15) is 0 Å². The molecule has 0 unspecified atom stereocenters. The summed E-state index contributed by atoms with van der Waals surface area (Å²) >= 11 is 0. The van der Waals surface area contributed by atoms with Crippen molar-refractivity contribution in [3.05, 3.63) is 29.6 Å². The van der Waals surface area contributed by atoms with Crippen molar-refractivity contribution >= 4 is 24.5 Å². The Bertz CT molecular complexity index is 528. The highest BCUT2D eigenvalue weighted by Gasteiger charge is 2.15. The number of H-pyrrole nitrogens is 1. The van der Waals surface area contributed by atoms with Gasteiger partial charge in [0.25, 0.3) is 0 Å². The molecule has 102 valence electrons. The fraction of sp³-hybridized carbons (Fsp3) is 0.357. The van der Waals surface area contributed by atoms with Crippen molar-refractivity contribution in [1.82, 2.24) is 9.88 Å². The van der Waals surface area contributed by atoms with E-state index >= 15 is 0 Å². The van der Waals surface area contributed by atoms with Crippen molar-refractivity contribution in [2.24, 2.45) is 9.98 Å². The minimum absolute atomic E-state index is 0.734. The number of hydrogen-bond acceptors (Lipinski definition) is 3. The van der Waals surface area contributed by atoms with Gasteiger partial charge in [0.05, 0.1) is 11.3 Å². The molecule has 0 amide bonds. The maximum atomic E-state index is 4.40. The molecule has 0 aliphatic heterocycles. The topological polar surface area (TPSA) is 46.8 Å². The Morgan fingerprint density at radius 3 is 2.58 bits per heavy atom. The van der Waals surface area contributed by atoms with Crippen LogP contribution in [0.5, 0.6) is 0 Å². The number of nitrogens with zero attached hydrogens (tertiary/aromatic N) is 4. The average molecular weight is 260 g/mol. The van der Waals surface area contributed by atoms with Crippen LogP contribution in [-0.2, 0) is 0 Å². The molecule has 0 saturated carbocycles. The third-order valence-electron chi connectivity index (χ3n) is 2.43. The number of aliphatic imine (C=N–C) groups is 2. The molecular weight excluding hydrogens is 238 g/mol. The van der Waals surface area contributed by atoms with E-state index in [9.17, 15) is 0 Å². The Kier molecular flexibility index (Phi) is 5.23. The van der Waals surface area contributed by atoms with Crippen molar-refractivity contribution in [3.8, 4) is 0 Å². The first-order valence-corrected chi connectivity index (χ1v) is 6.00. The van der Waals surface area contributed by atoms with E-state index in [1.165, 1.54) is 0 Å². The third kappa shape index (κ3) is 3.91. The molecule has 5 heteroatoms. The van der Waals surface area contributed by atoms with Gasteiger partial charge >= 0.3 is 0 Å². The summed E-state index contributed by atoms with van der Waals surface area (Å²) < 4.78 is 1.99. The molecule has 1 rings (SSSR count). The van der Waals surface area contributed by atoms with Crippen molar-refractivity contribution < 1.29 is 4.58 Å². The first-order chi connectivity index (χ1) is 8.99. The number of nitrogens with one attached hydrogen (secondary N) is 1. The molecule has 0 bridgehead atoms. The van der Waals surface area contributed by atoms with E-state index in [0.717, 1.165) is 22.7 Å². The zero-order valence-corrected chi connectivity index (χ0v) is 12.3. The lowest BCUT2D eigenvalue weighted by atomic mass is 10.1. The molecule has 1 aromatic heterocycles. The van der Waals surface area contributed by atoms with Gasteiger partial charge in [0.2, 0.25) is 0 Å². The van der Waals surface area contributed by atoms with Crippen LogP contribution in [0.3, 0.4) is 0 Å². The molecule has 0 aromatic carbocycles. The summed E-state index contributed by atoms with van der Waals surface area (Å²) in [5.74, 6) is 0.734. The van der Waals surface area contributed by atoms with Gasteiger partial charge in [0.1, 0.15) is 19.9 Å². The van der Waals surface area contributed by atoms with Crippen LogP contribution in [0.15, 0.2) is 34.0 Å². The number of hydrogen-bond donors (Lipinski definition) is 1. The molecule has 19 heavy (non-hydrogen) atoms. The van der Waals surface area contributed by atoms with Gasteiger partial charge in [-0.3, -0.25) is 4.99 Å². The normalized spacial score (nSPS) is 12.3. The minimum atomic E-state index is 0.734. The van der Waals surface area contributed by atoms with Crippen LogP contribution in [0.1, 0.15) is 5.56 Å². The van der Waals surface area contributed by atoms with Gasteiger partial charge in [-0.05, 0) is 12.8 Å². The molecule has 0 fully saturated rings. The number of aromatic amines is 1. The highest BCUT2D eigenvalue weighted by molar-refractivity contribution is 6.24. The quantitative estimate of drug-likeness (QED) is 0.634. The van der Waals surface area contributed by atoms with E-state index in [2.05, 4.69) is 21.7 Å². The van der Waals surface area contributed by atoms with Crippen molar-refractivity contribution in [3.63, 3.8) is 0 Å². The van der Waals surface area contributed by atoms with Gasteiger partial charge in [0, 0.05) is 39.1 Å². The third-order valence-corrected chi connectivity index (χ3v) is 2.43. The summed E-state index contributed by atoms with van der Waals surface area (Å²) in [5, 5.41) is 0. The van der Waals surface area contributed by atoms with Gasteiger partial charge in [-0.15, -0.1) is 0 Å². The maximum absolute atomic E-state index is 4.40. The van der Waals surface area contributed by atoms with Crippen LogP contribution >= 0.6 is 0 Å². The number of aromatic nitrogens is 1. The molecule has 1 N–H and O–H groups in total. The number of allylic oxidation sites excluding steroid dienone is 1. The Balaban J connectivity index is 3.34. The summed E-state index contributed by atoms with van der Waals surface area (Å²) in [5.41, 5.74) is 2.84. The zero-order valence-electron chi connectivity index (χ0n) is 12.3. The summed E-state index contributed by atoms with van der Waals surface area (Å²) in [4.78, 5) is 13.4. The van der Waals surface area contributed by atoms with E-state index < -0.39 is 0 Å². The van der Waals surface area contributed by atoms with Crippen LogP contribution < -0.4 is 0 Å². The molecule has 1 aromatic rings. The smallest absolute Gasteiger partial charge is 0.173 e. The Morgan fingerprint density at radius 1 is 1.42 bits per heavy atom. The largest absolute Gasteiger partial charge is 0.383 e. The van der Waals surface area contributed by atoms with E-state index in [-0.39, 0.29) is 0 Å². The lowest BCUT2D eigenvalue weighted by molar-refractivity contribution is -0.458. The van der Waals surface area contributed by atoms with E-state index in [0.29, 0.717) is 0 Å². The van der Waals surface area contributed by atoms with Gasteiger partial charge in [-0.25, -0.2) is 9.57 Å². The fourth-order valence-electron chi connectivity index (χ4n) is 1.80. The Labute approximate surface area is 114 Å². The molecule has 0 spiro atoms. The molecule has 0 radical (unpaired) electrons. The molecular formula is C14H22N5+. The lowest BCUT2D eigenvalue weighted by Gasteiger charge is -2.10. The monoisotopic (exact) mass is 260 g/mol. The fourth-order valence-corrected chi connectivity index (χ4v) is 1.80. The van der Waals surface area contributed by atoms with Gasteiger partial charge < -0.3 is 9.88 Å². The van der Waals surface area contributed by atoms with Crippen molar-refractivity contribution in [2.45, 2.75) is 0 Å². The zero-order chi connectivity index (χ0) is 14.4. The van der Waals surface area contributed by atoms with E-state index in [1.54, 1.807) is 7.05 Å². The summed E-state index contributed by atoms with van der Waals surface area (Å²) in [7, 11) is 9.73. The number of rotatable bonds is 5. The molecule has 0 atom stereocenters. The second-order valence-corrected chi connectivity index (χ2v) is 4.61. The first-order valence-electron chi connectivity index (χ1n) is 6.00. The van der Waals surface area contributed by atoms with Crippen LogP contribution in [0.4, 0.5) is 5.82 Å². The predicted molar refractivity (Wildman–Crippen MR) is 82.4 cm³/mol. The highest BCUT2D eigenvalue weighted by Crippen LogP contribution is 2.20.